The van der Waals surface area contributed by atoms with Crippen molar-refractivity contribution < 1.29 is 167 Å². The van der Waals surface area contributed by atoms with E-state index in [1.165, 1.54) is 0 Å². The van der Waals surface area contributed by atoms with E-state index in [-0.39, 0.29) is 122 Å². The summed E-state index contributed by atoms with van der Waals surface area (Å²) in [4.78, 5) is 9.00. The molecule has 0 amide bonds. The van der Waals surface area contributed by atoms with Crippen LogP contribution in [0.25, 0.3) is 0 Å². The van der Waals surface area contributed by atoms with Gasteiger partial charge < -0.3 is 23.3 Å². The summed E-state index contributed by atoms with van der Waals surface area (Å²) in [5, 5.41) is 7.42. The molecule has 0 rings (SSSR count). The first kappa shape index (κ1) is 36.9. The molecule has 0 saturated carbocycles. The van der Waals surface area contributed by atoms with E-state index in [2.05, 4.69) is 0 Å². The third kappa shape index (κ3) is 579. The molecule has 10 nitrogen and oxygen atoms in total. The van der Waals surface area contributed by atoms with Crippen molar-refractivity contribution in [1.29, 1.82) is 0 Å². The maximum Gasteiger partial charge on any atom is 2.00 e. The normalized spacial score (nSPS) is 8.29. The largest absolute Gasteiger partial charge is 2.00 e. The summed E-state index contributed by atoms with van der Waals surface area (Å²) >= 11 is 0. The van der Waals surface area contributed by atoms with Crippen LogP contribution in [0.2, 0.25) is 0 Å². The molecular weight excluding hydrogens is 392 g/mol. The van der Waals surface area contributed by atoms with Crippen LogP contribution in [-0.4, -0.2) is 46.1 Å². The van der Waals surface area contributed by atoms with Crippen LogP contribution in [0, 0.1) is 0 Å². The maximum atomic E-state index is 9.00. The fourth-order valence-corrected chi connectivity index (χ4v) is 0. The van der Waals surface area contributed by atoms with E-state index in [0.29, 0.717) is 0 Å². The summed E-state index contributed by atoms with van der Waals surface area (Å²) in [5.74, 6) is -0.833. The second-order valence-corrected chi connectivity index (χ2v) is 2.97. The predicted molar refractivity (Wildman–Crippen MR) is 34.3 cm³/mol. The zero-order chi connectivity index (χ0) is 12.6. The standard InChI is InChI=1S/C2H4O2.2K.2H2O4S.Zn/c1-2(3)4;;;2*1-5(2,3)4;/h1H3,(H,3,4);;;2*(H2,1,2,3,4);/q;2*+1;;;+2/p-4. The first-order valence-corrected chi connectivity index (χ1v) is 4.93. The number of carboxylic acids is 1. The molecule has 0 saturated heterocycles. The zero-order valence-electron chi connectivity index (χ0n) is 9.15. The molecule has 0 aliphatic carbocycles. The van der Waals surface area contributed by atoms with Gasteiger partial charge in [-0.05, 0) is 0 Å². The van der Waals surface area contributed by atoms with Gasteiger partial charge in [-0.2, -0.15) is 0 Å². The quantitative estimate of drug-likeness (QED) is 0.233. The Bertz CT molecular complexity index is 297. The van der Waals surface area contributed by atoms with Gasteiger partial charge in [0.25, 0.3) is 5.97 Å². The molecule has 0 bridgehead atoms. The van der Waals surface area contributed by atoms with E-state index in [1.54, 1.807) is 0 Å². The third-order valence-corrected chi connectivity index (χ3v) is 0. The number of carboxylic acid groups (broad SMARTS) is 1. The second-order valence-electron chi connectivity index (χ2n) is 1.34. The van der Waals surface area contributed by atoms with Gasteiger partial charge in [0.15, 0.2) is 0 Å². The molecule has 1 N–H and O–H groups in total. The fraction of sp³-hybridized carbons (Fsp3) is 0.500. The Morgan fingerprint density at radius 3 is 0.882 bits per heavy atom. The number of aliphatic carboxylic acids is 1. The average Bonchev–Trinajstić information content (AvgIpc) is 1.45. The monoisotopic (exact) mass is 394 g/mol. The van der Waals surface area contributed by atoms with Crippen molar-refractivity contribution in [2.45, 2.75) is 6.92 Å². The molecule has 17 heavy (non-hydrogen) atoms. The van der Waals surface area contributed by atoms with Crippen LogP contribution >= 0.6 is 0 Å². The molecule has 0 aliphatic heterocycles. The van der Waals surface area contributed by atoms with E-state index in [9.17, 15) is 0 Å². The molecule has 0 aromatic rings. The van der Waals surface area contributed by atoms with E-state index in [1.807, 2.05) is 0 Å². The molecule has 0 aliphatic rings. The van der Waals surface area contributed by atoms with Crippen molar-refractivity contribution in [2.24, 2.45) is 0 Å². The molecule has 0 aromatic heterocycles. The average molecular weight is 396 g/mol. The maximum absolute atomic E-state index is 9.00. The Kier molecular flexibility index (Phi) is 41.5. The second kappa shape index (κ2) is 19.1. The Labute approximate surface area is 196 Å². The van der Waals surface area contributed by atoms with E-state index in [4.69, 9.17) is 44.9 Å². The molecule has 0 spiro atoms. The van der Waals surface area contributed by atoms with Gasteiger partial charge in [0.05, 0.1) is 0 Å². The Morgan fingerprint density at radius 2 is 0.882 bits per heavy atom. The van der Waals surface area contributed by atoms with Gasteiger partial charge in [0.1, 0.15) is 0 Å². The van der Waals surface area contributed by atoms with Crippen LogP contribution in [-0.2, 0) is 45.1 Å². The topological polar surface area (TPSA) is 198 Å². The number of hydrogen-bond donors (Lipinski definition) is 1. The minimum atomic E-state index is -5.17. The van der Waals surface area contributed by atoms with Gasteiger partial charge in [0.2, 0.25) is 0 Å². The van der Waals surface area contributed by atoms with Crippen molar-refractivity contribution in [3.05, 3.63) is 0 Å². The number of rotatable bonds is 0. The van der Waals surface area contributed by atoms with Crippen molar-refractivity contribution in [2.75, 3.05) is 0 Å². The van der Waals surface area contributed by atoms with Crippen LogP contribution in [0.15, 0.2) is 0 Å². The third-order valence-electron chi connectivity index (χ3n) is 0. The first-order valence-electron chi connectivity index (χ1n) is 2.26. The Balaban J connectivity index is -0.0000000247. The minimum Gasteiger partial charge on any atom is -0.759 e. The van der Waals surface area contributed by atoms with Crippen LogP contribution in [0.1, 0.15) is 6.92 Å². The molecule has 0 fully saturated rings. The first-order chi connectivity index (χ1) is 5.73. The summed E-state index contributed by atoms with van der Waals surface area (Å²) in [6.45, 7) is 1.08. The van der Waals surface area contributed by atoms with Crippen molar-refractivity contribution in [1.82, 2.24) is 0 Å². The van der Waals surface area contributed by atoms with E-state index >= 15 is 0 Å². The number of hydrogen-bond acceptors (Lipinski definition) is 9. The zero-order valence-corrected chi connectivity index (χ0v) is 20.0. The summed E-state index contributed by atoms with van der Waals surface area (Å²) in [5.41, 5.74) is 0. The summed E-state index contributed by atoms with van der Waals surface area (Å²) in [7, 11) is -10.3. The van der Waals surface area contributed by atoms with Gasteiger partial charge in [0, 0.05) is 27.7 Å². The molecule has 15 heteroatoms. The Hall–Kier alpha value is 3.11. The fourth-order valence-electron chi connectivity index (χ4n) is 0. The van der Waals surface area contributed by atoms with Crippen molar-refractivity contribution in [3.63, 3.8) is 0 Å². The molecule has 0 unspecified atom stereocenters. The van der Waals surface area contributed by atoms with Gasteiger partial charge in [-0.1, -0.05) is 0 Å². The van der Waals surface area contributed by atoms with Crippen LogP contribution in [0.5, 0.6) is 0 Å². The summed E-state index contributed by atoms with van der Waals surface area (Å²) < 4.78 is 68.2. The van der Waals surface area contributed by atoms with Crippen molar-refractivity contribution >= 4 is 26.8 Å². The molecule has 0 radical (unpaired) electrons. The van der Waals surface area contributed by atoms with Gasteiger partial charge in [-0.15, -0.1) is 0 Å². The predicted octanol–water partition coefficient (Wildman–Crippen LogP) is -8.58. The number of carbonyl (C=O) groups is 1. The van der Waals surface area contributed by atoms with Gasteiger partial charge in [-0.25, -0.2) is 0 Å². The van der Waals surface area contributed by atoms with Crippen molar-refractivity contribution in [3.8, 4) is 0 Å². The molecule has 0 atom stereocenters. The Morgan fingerprint density at radius 1 is 0.882 bits per heavy atom. The minimum absolute atomic E-state index is 0. The molecule has 88 valence electrons. The molecular formula is C2H4K2O10S2Zn. The molecule has 0 heterocycles. The summed E-state index contributed by atoms with van der Waals surface area (Å²) in [6.07, 6.45) is 0. The molecule has 0 aromatic carbocycles. The van der Waals surface area contributed by atoms with Crippen LogP contribution in [0.3, 0.4) is 0 Å². The van der Waals surface area contributed by atoms with Gasteiger partial charge >= 0.3 is 122 Å². The van der Waals surface area contributed by atoms with Crippen LogP contribution < -0.4 is 103 Å². The van der Waals surface area contributed by atoms with Gasteiger partial charge in [-0.3, -0.25) is 21.6 Å². The van der Waals surface area contributed by atoms with Crippen LogP contribution in [0.4, 0.5) is 0 Å². The summed E-state index contributed by atoms with van der Waals surface area (Å²) in [6, 6.07) is 0. The van der Waals surface area contributed by atoms with E-state index in [0.717, 1.165) is 6.92 Å². The smallest absolute Gasteiger partial charge is 0.759 e. The SMILES string of the molecule is CC(=O)O.O=S(=O)([O-])[O-].O=S(=O)([O-])[O-].[K+].[K+].[Zn+2]. The van der Waals surface area contributed by atoms with E-state index < -0.39 is 26.8 Å².